The second-order valence-electron chi connectivity index (χ2n) is 5.58. The fraction of sp³-hybridized carbons (Fsp3) is 0.0526. The van der Waals surface area contributed by atoms with Crippen LogP contribution in [-0.4, -0.2) is 15.7 Å². The Morgan fingerprint density at radius 1 is 1.12 bits per heavy atom. The lowest BCUT2D eigenvalue weighted by Gasteiger charge is -2.08. The summed E-state index contributed by atoms with van der Waals surface area (Å²) in [5.74, 6) is 0.0177. The first-order valence-corrected chi connectivity index (χ1v) is 8.57. The zero-order valence-corrected chi connectivity index (χ0v) is 14.0. The molecule has 0 atom stereocenters. The third-order valence-corrected chi connectivity index (χ3v) is 4.96. The van der Waals surface area contributed by atoms with Crippen molar-refractivity contribution in [3.8, 4) is 0 Å². The number of halogens is 1. The normalized spacial score (nSPS) is 10.9. The Morgan fingerprint density at radius 2 is 1.96 bits per heavy atom. The standard InChI is InChI=1S/C19H14FN3OS/c20-15-7-4-8-16-14(15)11-17(25-16)19(24)22-18-9-10-21-23(18)12-13-5-2-1-3-6-13/h1-11H,12H2,(H,22,24). The van der Waals surface area contributed by atoms with Gasteiger partial charge in [-0.15, -0.1) is 11.3 Å². The van der Waals surface area contributed by atoms with Crippen LogP contribution in [0.15, 0.2) is 66.9 Å². The van der Waals surface area contributed by atoms with Crippen LogP contribution in [-0.2, 0) is 6.54 Å². The Balaban J connectivity index is 1.57. The molecule has 0 unspecified atom stereocenters. The fourth-order valence-corrected chi connectivity index (χ4v) is 3.61. The lowest BCUT2D eigenvalue weighted by atomic mass is 10.2. The van der Waals surface area contributed by atoms with E-state index in [9.17, 15) is 9.18 Å². The van der Waals surface area contributed by atoms with Crippen molar-refractivity contribution in [2.24, 2.45) is 0 Å². The van der Waals surface area contributed by atoms with Crippen molar-refractivity contribution in [1.82, 2.24) is 9.78 Å². The van der Waals surface area contributed by atoms with Gasteiger partial charge in [0.25, 0.3) is 5.91 Å². The van der Waals surface area contributed by atoms with Crippen LogP contribution >= 0.6 is 11.3 Å². The number of hydrogen-bond donors (Lipinski definition) is 1. The summed E-state index contributed by atoms with van der Waals surface area (Å²) < 4.78 is 16.3. The minimum Gasteiger partial charge on any atom is -0.306 e. The van der Waals surface area contributed by atoms with Gasteiger partial charge in [0.1, 0.15) is 11.6 Å². The summed E-state index contributed by atoms with van der Waals surface area (Å²) in [6.45, 7) is 0.560. The van der Waals surface area contributed by atoms with E-state index in [-0.39, 0.29) is 11.7 Å². The maximum Gasteiger partial charge on any atom is 0.266 e. The summed E-state index contributed by atoms with van der Waals surface area (Å²) in [6, 6.07) is 18.1. The number of anilines is 1. The summed E-state index contributed by atoms with van der Waals surface area (Å²) >= 11 is 1.27. The van der Waals surface area contributed by atoms with Gasteiger partial charge in [0.15, 0.2) is 0 Å². The Labute approximate surface area is 147 Å². The molecule has 2 heterocycles. The third-order valence-electron chi connectivity index (χ3n) is 3.87. The number of benzene rings is 2. The number of nitrogens with zero attached hydrogens (tertiary/aromatic N) is 2. The first-order valence-electron chi connectivity index (χ1n) is 7.76. The number of fused-ring (bicyclic) bond motifs is 1. The number of amides is 1. The quantitative estimate of drug-likeness (QED) is 0.587. The maximum absolute atomic E-state index is 13.8. The molecule has 4 nitrogen and oxygen atoms in total. The van der Waals surface area contributed by atoms with E-state index < -0.39 is 0 Å². The highest BCUT2D eigenvalue weighted by Gasteiger charge is 2.14. The molecule has 0 bridgehead atoms. The van der Waals surface area contributed by atoms with Gasteiger partial charge in [0, 0.05) is 16.2 Å². The molecule has 0 aliphatic heterocycles. The van der Waals surface area contributed by atoms with Crippen molar-refractivity contribution in [1.29, 1.82) is 0 Å². The molecule has 4 rings (SSSR count). The van der Waals surface area contributed by atoms with Crippen molar-refractivity contribution in [3.63, 3.8) is 0 Å². The van der Waals surface area contributed by atoms with Crippen molar-refractivity contribution < 1.29 is 9.18 Å². The SMILES string of the molecule is O=C(Nc1ccnn1Cc1ccccc1)c1cc2c(F)cccc2s1. The second kappa shape index (κ2) is 6.49. The summed E-state index contributed by atoms with van der Waals surface area (Å²) in [5, 5.41) is 7.59. The smallest absolute Gasteiger partial charge is 0.266 e. The third kappa shape index (κ3) is 3.16. The van der Waals surface area contributed by atoms with E-state index in [1.165, 1.54) is 17.4 Å². The van der Waals surface area contributed by atoms with Gasteiger partial charge in [-0.1, -0.05) is 36.4 Å². The van der Waals surface area contributed by atoms with Gasteiger partial charge in [-0.2, -0.15) is 5.10 Å². The first kappa shape index (κ1) is 15.5. The molecule has 0 radical (unpaired) electrons. The number of nitrogens with one attached hydrogen (secondary N) is 1. The largest absolute Gasteiger partial charge is 0.306 e. The molecule has 0 saturated carbocycles. The van der Waals surface area contributed by atoms with Crippen LogP contribution in [0.4, 0.5) is 10.2 Å². The van der Waals surface area contributed by atoms with Gasteiger partial charge >= 0.3 is 0 Å². The topological polar surface area (TPSA) is 46.9 Å². The first-order chi connectivity index (χ1) is 12.2. The Hall–Kier alpha value is -2.99. The summed E-state index contributed by atoms with van der Waals surface area (Å²) in [5.41, 5.74) is 1.09. The average Bonchev–Trinajstić information content (AvgIpc) is 3.24. The van der Waals surface area contributed by atoms with Crippen LogP contribution in [0.25, 0.3) is 10.1 Å². The highest BCUT2D eigenvalue weighted by molar-refractivity contribution is 7.20. The maximum atomic E-state index is 13.8. The van der Waals surface area contributed by atoms with Gasteiger partial charge < -0.3 is 5.32 Å². The molecule has 0 aliphatic carbocycles. The Morgan fingerprint density at radius 3 is 2.76 bits per heavy atom. The van der Waals surface area contributed by atoms with Crippen LogP contribution < -0.4 is 5.32 Å². The molecule has 0 spiro atoms. The molecule has 2 aromatic carbocycles. The average molecular weight is 351 g/mol. The van der Waals surface area contributed by atoms with Crippen LogP contribution in [0.1, 0.15) is 15.2 Å². The predicted octanol–water partition coefficient (Wildman–Crippen LogP) is 4.54. The monoisotopic (exact) mass is 351 g/mol. The highest BCUT2D eigenvalue weighted by Crippen LogP contribution is 2.28. The zero-order chi connectivity index (χ0) is 17.2. The molecule has 1 N–H and O–H groups in total. The molecule has 0 aliphatic rings. The fourth-order valence-electron chi connectivity index (χ4n) is 2.64. The summed E-state index contributed by atoms with van der Waals surface area (Å²) in [4.78, 5) is 13.0. The lowest BCUT2D eigenvalue weighted by Crippen LogP contribution is -2.15. The van der Waals surface area contributed by atoms with Crippen molar-refractivity contribution in [2.75, 3.05) is 5.32 Å². The minimum atomic E-state index is -0.318. The van der Waals surface area contributed by atoms with Crippen LogP contribution in [0.5, 0.6) is 0 Å². The second-order valence-corrected chi connectivity index (χ2v) is 6.66. The number of carbonyl (C=O) groups is 1. The van der Waals surface area contributed by atoms with Crippen LogP contribution in [0.2, 0.25) is 0 Å². The number of rotatable bonds is 4. The molecular formula is C19H14FN3OS. The van der Waals surface area contributed by atoms with Gasteiger partial charge in [-0.3, -0.25) is 4.79 Å². The molecule has 6 heteroatoms. The van der Waals surface area contributed by atoms with E-state index in [0.29, 0.717) is 22.6 Å². The summed E-state index contributed by atoms with van der Waals surface area (Å²) in [7, 11) is 0. The van der Waals surface area contributed by atoms with E-state index in [0.717, 1.165) is 10.3 Å². The van der Waals surface area contributed by atoms with Crippen molar-refractivity contribution >= 4 is 33.1 Å². The number of aromatic nitrogens is 2. The number of carbonyl (C=O) groups excluding carboxylic acids is 1. The molecule has 0 saturated heterocycles. The van der Waals surface area contributed by atoms with Crippen molar-refractivity contribution in [3.05, 3.63) is 83.1 Å². The lowest BCUT2D eigenvalue weighted by molar-refractivity contribution is 0.102. The van der Waals surface area contributed by atoms with Gasteiger partial charge in [-0.05, 0) is 23.8 Å². The van der Waals surface area contributed by atoms with E-state index in [1.807, 2.05) is 30.3 Å². The van der Waals surface area contributed by atoms with Crippen LogP contribution in [0, 0.1) is 5.82 Å². The molecule has 124 valence electrons. The zero-order valence-electron chi connectivity index (χ0n) is 13.1. The Kier molecular flexibility index (Phi) is 4.03. The predicted molar refractivity (Wildman–Crippen MR) is 97.5 cm³/mol. The molecule has 4 aromatic rings. The van der Waals surface area contributed by atoms with Gasteiger partial charge in [0.05, 0.1) is 17.6 Å². The highest BCUT2D eigenvalue weighted by atomic mass is 32.1. The molecule has 25 heavy (non-hydrogen) atoms. The molecule has 1 amide bonds. The minimum absolute atomic E-state index is 0.268. The van der Waals surface area contributed by atoms with Gasteiger partial charge in [-0.25, -0.2) is 9.07 Å². The Bertz CT molecular complexity index is 1040. The van der Waals surface area contributed by atoms with E-state index in [2.05, 4.69) is 10.4 Å². The van der Waals surface area contributed by atoms with E-state index in [1.54, 1.807) is 35.1 Å². The van der Waals surface area contributed by atoms with Crippen molar-refractivity contribution in [2.45, 2.75) is 6.54 Å². The van der Waals surface area contributed by atoms with Gasteiger partial charge in [0.2, 0.25) is 0 Å². The van der Waals surface area contributed by atoms with E-state index in [4.69, 9.17) is 0 Å². The molecule has 2 aromatic heterocycles. The van der Waals surface area contributed by atoms with Crippen LogP contribution in [0.3, 0.4) is 0 Å². The molecule has 0 fully saturated rings. The number of hydrogen-bond acceptors (Lipinski definition) is 3. The molecular weight excluding hydrogens is 337 g/mol. The van der Waals surface area contributed by atoms with E-state index >= 15 is 0 Å². The number of thiophene rings is 1. The summed E-state index contributed by atoms with van der Waals surface area (Å²) in [6.07, 6.45) is 1.64.